The van der Waals surface area contributed by atoms with E-state index in [1.54, 1.807) is 30.1 Å². The Balaban J connectivity index is 1.34. The minimum atomic E-state index is -1.41. The second-order valence-electron chi connectivity index (χ2n) is 9.50. The lowest BCUT2D eigenvalue weighted by atomic mass is 9.84. The van der Waals surface area contributed by atoms with E-state index in [-0.39, 0.29) is 11.6 Å². The number of ketones is 2. The molecule has 1 aliphatic carbocycles. The number of nitrogens with zero attached hydrogens (tertiary/aromatic N) is 4. The fourth-order valence-electron chi connectivity index (χ4n) is 5.65. The highest BCUT2D eigenvalue weighted by molar-refractivity contribution is 6.32. The smallest absolute Gasteiger partial charge is 0.196 e. The number of methoxy groups -OCH3 is 1. The van der Waals surface area contributed by atoms with Gasteiger partial charge in [0.25, 0.3) is 0 Å². The first-order valence-corrected chi connectivity index (χ1v) is 12.5. The van der Waals surface area contributed by atoms with Crippen LogP contribution in [-0.2, 0) is 12.1 Å². The van der Waals surface area contributed by atoms with Crippen molar-refractivity contribution in [3.8, 4) is 11.4 Å². The van der Waals surface area contributed by atoms with Crippen LogP contribution in [0.5, 0.6) is 5.75 Å². The molecule has 1 aromatic heterocycles. The number of benzene rings is 3. The number of fused-ring (bicyclic) bond motifs is 1. The van der Waals surface area contributed by atoms with Gasteiger partial charge in [-0.2, -0.15) is 5.10 Å². The van der Waals surface area contributed by atoms with E-state index in [1.807, 2.05) is 66.9 Å². The minimum absolute atomic E-state index is 0.168. The molecule has 0 saturated carbocycles. The number of ether oxygens (including phenoxy) is 1. The highest BCUT2D eigenvalue weighted by Crippen LogP contribution is 2.43. The lowest BCUT2D eigenvalue weighted by molar-refractivity contribution is 0.0278. The lowest BCUT2D eigenvalue weighted by Crippen LogP contribution is -2.60. The van der Waals surface area contributed by atoms with Crippen LogP contribution in [0, 0.1) is 0 Å². The Morgan fingerprint density at radius 1 is 0.811 bits per heavy atom. The van der Waals surface area contributed by atoms with Crippen molar-refractivity contribution < 1.29 is 14.3 Å². The predicted octanol–water partition coefficient (Wildman–Crippen LogP) is 3.97. The third-order valence-corrected chi connectivity index (χ3v) is 7.53. The van der Waals surface area contributed by atoms with Crippen LogP contribution in [0.3, 0.4) is 0 Å². The first kappa shape index (κ1) is 23.3. The molecule has 37 heavy (non-hydrogen) atoms. The first-order chi connectivity index (χ1) is 18.1. The van der Waals surface area contributed by atoms with Gasteiger partial charge >= 0.3 is 0 Å². The summed E-state index contributed by atoms with van der Waals surface area (Å²) in [5.41, 5.74) is 2.17. The molecule has 0 radical (unpaired) electrons. The van der Waals surface area contributed by atoms with Crippen LogP contribution in [0.4, 0.5) is 0 Å². The van der Waals surface area contributed by atoms with Gasteiger partial charge in [0.1, 0.15) is 5.75 Å². The molecule has 2 heterocycles. The van der Waals surface area contributed by atoms with Gasteiger partial charge in [-0.15, -0.1) is 0 Å². The summed E-state index contributed by atoms with van der Waals surface area (Å²) < 4.78 is 7.26. The van der Waals surface area contributed by atoms with Gasteiger partial charge in [0.15, 0.2) is 17.1 Å². The van der Waals surface area contributed by atoms with Crippen LogP contribution in [0.1, 0.15) is 31.8 Å². The van der Waals surface area contributed by atoms with E-state index in [0.29, 0.717) is 29.8 Å². The maximum absolute atomic E-state index is 14.1. The van der Waals surface area contributed by atoms with Crippen molar-refractivity contribution in [2.45, 2.75) is 12.1 Å². The molecule has 1 fully saturated rings. The summed E-state index contributed by atoms with van der Waals surface area (Å²) in [5, 5.41) is 4.55. The van der Waals surface area contributed by atoms with E-state index in [4.69, 9.17) is 4.74 Å². The molecule has 186 valence electrons. The summed E-state index contributed by atoms with van der Waals surface area (Å²) in [6, 6.07) is 24.9. The Hall–Kier alpha value is -4.07. The summed E-state index contributed by atoms with van der Waals surface area (Å²) in [5.74, 6) is 0.532. The molecule has 2 aliphatic rings. The predicted molar refractivity (Wildman–Crippen MR) is 140 cm³/mol. The van der Waals surface area contributed by atoms with Crippen LogP contribution in [-0.4, -0.2) is 64.4 Å². The highest BCUT2D eigenvalue weighted by atomic mass is 16.5. The molecule has 0 spiro atoms. The van der Waals surface area contributed by atoms with E-state index < -0.39 is 5.54 Å². The Kier molecular flexibility index (Phi) is 5.94. The Labute approximate surface area is 215 Å². The van der Waals surface area contributed by atoms with Crippen molar-refractivity contribution in [2.24, 2.45) is 0 Å². The zero-order chi connectivity index (χ0) is 25.4. The van der Waals surface area contributed by atoms with Crippen molar-refractivity contribution in [1.82, 2.24) is 19.6 Å². The van der Waals surface area contributed by atoms with Gasteiger partial charge in [0.05, 0.1) is 19.0 Å². The van der Waals surface area contributed by atoms with Crippen LogP contribution in [0.2, 0.25) is 0 Å². The van der Waals surface area contributed by atoms with E-state index in [2.05, 4.69) is 21.0 Å². The van der Waals surface area contributed by atoms with Crippen LogP contribution in [0.15, 0.2) is 91.3 Å². The molecule has 1 aliphatic heterocycles. The van der Waals surface area contributed by atoms with Crippen molar-refractivity contribution in [2.75, 3.05) is 33.3 Å². The van der Waals surface area contributed by atoms with Crippen molar-refractivity contribution in [3.05, 3.63) is 114 Å². The van der Waals surface area contributed by atoms with Gasteiger partial charge in [-0.25, -0.2) is 4.68 Å². The second kappa shape index (κ2) is 9.42. The number of rotatable bonds is 6. The fourth-order valence-corrected chi connectivity index (χ4v) is 5.65. The molecule has 0 bridgehead atoms. The molecule has 3 aromatic carbocycles. The maximum Gasteiger partial charge on any atom is 0.196 e. The standard InChI is InChI=1S/C30H28N4O3/c1-37-27-14-8-5-9-22(27)20-32-15-17-33(18-16-32)30(28(35)25-12-6-7-13-26(25)29(30)36)23-19-31-34(21-23)24-10-3-2-4-11-24/h2-14,19,21H,15-18,20H2,1H3. The van der Waals surface area contributed by atoms with Gasteiger partial charge in [0.2, 0.25) is 0 Å². The van der Waals surface area contributed by atoms with Crippen molar-refractivity contribution >= 4 is 11.6 Å². The number of hydrogen-bond donors (Lipinski definition) is 0. The van der Waals surface area contributed by atoms with Crippen LogP contribution >= 0.6 is 0 Å². The quantitative estimate of drug-likeness (QED) is 0.380. The Morgan fingerprint density at radius 3 is 2.11 bits per heavy atom. The number of carbonyl (C=O) groups excluding carboxylic acids is 2. The average Bonchev–Trinajstić information content (AvgIpc) is 3.53. The number of aromatic nitrogens is 2. The molecular formula is C30H28N4O3. The number of Topliss-reactive ketones (excluding diaryl/α,β-unsaturated/α-hetero) is 2. The minimum Gasteiger partial charge on any atom is -0.496 e. The maximum atomic E-state index is 14.1. The van der Waals surface area contributed by atoms with E-state index >= 15 is 0 Å². The summed E-state index contributed by atoms with van der Waals surface area (Å²) in [7, 11) is 1.69. The summed E-state index contributed by atoms with van der Waals surface area (Å²) >= 11 is 0. The van der Waals surface area contributed by atoms with Gasteiger partial charge in [-0.3, -0.25) is 19.4 Å². The van der Waals surface area contributed by atoms with E-state index in [9.17, 15) is 9.59 Å². The van der Waals surface area contributed by atoms with E-state index in [0.717, 1.165) is 36.6 Å². The number of para-hydroxylation sites is 2. The third kappa shape index (κ3) is 3.79. The van der Waals surface area contributed by atoms with Crippen LogP contribution < -0.4 is 4.74 Å². The first-order valence-electron chi connectivity index (χ1n) is 12.5. The summed E-state index contributed by atoms with van der Waals surface area (Å²) in [6.07, 6.45) is 3.51. The molecule has 0 N–H and O–H groups in total. The summed E-state index contributed by atoms with van der Waals surface area (Å²) in [4.78, 5) is 32.6. The number of carbonyl (C=O) groups is 2. The molecule has 7 heteroatoms. The Bertz CT molecular complexity index is 1420. The second-order valence-corrected chi connectivity index (χ2v) is 9.50. The van der Waals surface area contributed by atoms with Gasteiger partial charge in [-0.1, -0.05) is 60.7 Å². The normalized spacial score (nSPS) is 17.6. The molecule has 4 aromatic rings. The van der Waals surface area contributed by atoms with Crippen molar-refractivity contribution in [3.63, 3.8) is 0 Å². The molecule has 0 atom stereocenters. The monoisotopic (exact) mass is 492 g/mol. The van der Waals surface area contributed by atoms with E-state index in [1.165, 1.54) is 0 Å². The Morgan fingerprint density at radius 2 is 1.43 bits per heavy atom. The van der Waals surface area contributed by atoms with Gasteiger partial charge in [-0.05, 0) is 18.2 Å². The van der Waals surface area contributed by atoms with Gasteiger partial charge in [0, 0.05) is 61.2 Å². The molecular weight excluding hydrogens is 464 g/mol. The molecule has 0 amide bonds. The van der Waals surface area contributed by atoms with Crippen molar-refractivity contribution in [1.29, 1.82) is 0 Å². The zero-order valence-corrected chi connectivity index (χ0v) is 20.7. The molecule has 1 saturated heterocycles. The molecule has 6 rings (SSSR count). The number of hydrogen-bond acceptors (Lipinski definition) is 6. The lowest BCUT2D eigenvalue weighted by Gasteiger charge is -2.43. The number of piperazine rings is 1. The molecule has 0 unspecified atom stereocenters. The van der Waals surface area contributed by atoms with Gasteiger partial charge < -0.3 is 4.74 Å². The fraction of sp³-hybridized carbons (Fsp3) is 0.233. The largest absolute Gasteiger partial charge is 0.496 e. The topological polar surface area (TPSA) is 67.7 Å². The third-order valence-electron chi connectivity index (χ3n) is 7.53. The summed E-state index contributed by atoms with van der Waals surface area (Å²) in [6.45, 7) is 3.36. The molecule has 7 nitrogen and oxygen atoms in total. The zero-order valence-electron chi connectivity index (χ0n) is 20.7. The highest BCUT2D eigenvalue weighted by Gasteiger charge is 2.58. The average molecular weight is 493 g/mol. The SMILES string of the molecule is COc1ccccc1CN1CCN(C2(c3cnn(-c4ccccc4)c3)C(=O)c3ccccc3C2=O)CC1. The van der Waals surface area contributed by atoms with Crippen LogP contribution in [0.25, 0.3) is 5.69 Å².